The van der Waals surface area contributed by atoms with Crippen molar-refractivity contribution in [1.29, 1.82) is 0 Å². The Morgan fingerprint density at radius 2 is 2.11 bits per heavy atom. The first kappa shape index (κ1) is 13.2. The maximum absolute atomic E-state index is 12.0. The molecular formula is C13H11BrClNO2. The van der Waals surface area contributed by atoms with Crippen LogP contribution in [0.5, 0.6) is 0 Å². The minimum Gasteiger partial charge on any atom is -0.452 e. The van der Waals surface area contributed by atoms with Crippen LogP contribution in [-0.4, -0.2) is 5.91 Å². The van der Waals surface area contributed by atoms with Crippen LogP contribution in [0.2, 0.25) is 5.22 Å². The van der Waals surface area contributed by atoms with Crippen molar-refractivity contribution in [2.75, 3.05) is 5.32 Å². The number of hydrogen-bond donors (Lipinski definition) is 1. The fourth-order valence-electron chi connectivity index (χ4n) is 1.60. The van der Waals surface area contributed by atoms with E-state index in [0.29, 0.717) is 5.56 Å². The molecule has 18 heavy (non-hydrogen) atoms. The van der Waals surface area contributed by atoms with Gasteiger partial charge in [0.1, 0.15) is 0 Å². The van der Waals surface area contributed by atoms with Crippen molar-refractivity contribution < 1.29 is 9.21 Å². The first-order valence-electron chi connectivity index (χ1n) is 5.37. The molecule has 1 unspecified atom stereocenters. The molecule has 0 aliphatic carbocycles. The Morgan fingerprint density at radius 1 is 1.39 bits per heavy atom. The van der Waals surface area contributed by atoms with Gasteiger partial charge in [0.05, 0.1) is 11.8 Å². The molecule has 1 heterocycles. The lowest BCUT2D eigenvalue weighted by atomic mass is 10.1. The van der Waals surface area contributed by atoms with E-state index in [2.05, 4.69) is 21.2 Å². The number of benzene rings is 1. The molecule has 1 amide bonds. The van der Waals surface area contributed by atoms with Crippen LogP contribution in [0.25, 0.3) is 0 Å². The summed E-state index contributed by atoms with van der Waals surface area (Å²) in [7, 11) is 0. The second-order valence-corrected chi connectivity index (χ2v) is 5.48. The first-order chi connectivity index (χ1) is 8.59. The molecule has 0 aliphatic rings. The number of hydrogen-bond acceptors (Lipinski definition) is 2. The molecule has 94 valence electrons. The van der Waals surface area contributed by atoms with Gasteiger partial charge < -0.3 is 9.73 Å². The zero-order valence-electron chi connectivity index (χ0n) is 9.61. The number of nitrogens with one attached hydrogen (secondary N) is 1. The average Bonchev–Trinajstić information content (AvgIpc) is 2.76. The summed E-state index contributed by atoms with van der Waals surface area (Å²) in [4.78, 5) is 12.1. The third-order valence-electron chi connectivity index (χ3n) is 2.50. The van der Waals surface area contributed by atoms with Gasteiger partial charge in [0.15, 0.2) is 0 Å². The van der Waals surface area contributed by atoms with Crippen LogP contribution in [-0.2, 0) is 0 Å². The number of rotatable bonds is 3. The Kier molecular flexibility index (Phi) is 4.09. The Bertz CT molecular complexity index is 566. The number of amides is 1. The topological polar surface area (TPSA) is 42.2 Å². The highest BCUT2D eigenvalue weighted by atomic mass is 79.9. The van der Waals surface area contributed by atoms with Crippen molar-refractivity contribution in [2.45, 2.75) is 11.8 Å². The van der Waals surface area contributed by atoms with Crippen molar-refractivity contribution in [3.63, 3.8) is 0 Å². The van der Waals surface area contributed by atoms with Crippen molar-refractivity contribution in [2.24, 2.45) is 0 Å². The minimum absolute atomic E-state index is 0.0943. The Hall–Kier alpha value is -1.26. The molecule has 5 heteroatoms. The van der Waals surface area contributed by atoms with Gasteiger partial charge in [0.2, 0.25) is 5.22 Å². The summed E-state index contributed by atoms with van der Waals surface area (Å²) < 4.78 is 4.90. The number of para-hydroxylation sites is 1. The number of carbonyl (C=O) groups is 1. The lowest BCUT2D eigenvalue weighted by Gasteiger charge is -2.12. The molecule has 1 atom stereocenters. The first-order valence-corrected chi connectivity index (χ1v) is 6.66. The highest BCUT2D eigenvalue weighted by molar-refractivity contribution is 9.09. The van der Waals surface area contributed by atoms with Gasteiger partial charge >= 0.3 is 0 Å². The number of anilines is 1. The van der Waals surface area contributed by atoms with E-state index in [1.54, 1.807) is 0 Å². The predicted molar refractivity (Wildman–Crippen MR) is 75.5 cm³/mol. The molecular weight excluding hydrogens is 318 g/mol. The van der Waals surface area contributed by atoms with Crippen molar-refractivity contribution >= 4 is 39.1 Å². The van der Waals surface area contributed by atoms with E-state index >= 15 is 0 Å². The zero-order valence-corrected chi connectivity index (χ0v) is 12.0. The molecule has 0 saturated carbocycles. The van der Waals surface area contributed by atoms with Crippen LogP contribution in [0.15, 0.2) is 41.0 Å². The van der Waals surface area contributed by atoms with Crippen LogP contribution >= 0.6 is 27.5 Å². The fraction of sp³-hybridized carbons (Fsp3) is 0.154. The highest BCUT2D eigenvalue weighted by Crippen LogP contribution is 2.29. The highest BCUT2D eigenvalue weighted by Gasteiger charge is 2.15. The largest absolute Gasteiger partial charge is 0.452 e. The summed E-state index contributed by atoms with van der Waals surface area (Å²) in [6.45, 7) is 2.00. The van der Waals surface area contributed by atoms with E-state index in [-0.39, 0.29) is 16.0 Å². The summed E-state index contributed by atoms with van der Waals surface area (Å²) in [6.07, 6.45) is 1.39. The van der Waals surface area contributed by atoms with Gasteiger partial charge in [-0.3, -0.25) is 4.79 Å². The fourth-order valence-corrected chi connectivity index (χ4v) is 2.20. The van der Waals surface area contributed by atoms with Crippen molar-refractivity contribution in [3.8, 4) is 0 Å². The Labute approximate surface area is 118 Å². The molecule has 1 aromatic carbocycles. The second-order valence-electron chi connectivity index (χ2n) is 3.77. The molecule has 1 N–H and O–H groups in total. The maximum atomic E-state index is 12.0. The average molecular weight is 329 g/mol. The third kappa shape index (κ3) is 2.76. The van der Waals surface area contributed by atoms with E-state index in [9.17, 15) is 4.79 Å². The van der Waals surface area contributed by atoms with Gasteiger partial charge in [0.25, 0.3) is 5.91 Å². The van der Waals surface area contributed by atoms with E-state index < -0.39 is 0 Å². The Balaban J connectivity index is 2.25. The summed E-state index contributed by atoms with van der Waals surface area (Å²) >= 11 is 9.26. The molecule has 0 bridgehead atoms. The monoisotopic (exact) mass is 327 g/mol. The van der Waals surface area contributed by atoms with Crippen LogP contribution in [0.4, 0.5) is 5.69 Å². The molecule has 0 saturated heterocycles. The summed E-state index contributed by atoms with van der Waals surface area (Å²) in [5, 5.41) is 2.92. The van der Waals surface area contributed by atoms with Gasteiger partial charge in [0, 0.05) is 10.5 Å². The smallest absolute Gasteiger partial charge is 0.260 e. The summed E-state index contributed by atoms with van der Waals surface area (Å²) in [6, 6.07) is 9.13. The van der Waals surface area contributed by atoms with Crippen LogP contribution < -0.4 is 5.32 Å². The number of alkyl halides is 1. The number of furan rings is 1. The molecule has 3 nitrogen and oxygen atoms in total. The quantitative estimate of drug-likeness (QED) is 0.834. The normalized spacial score (nSPS) is 12.2. The maximum Gasteiger partial charge on any atom is 0.260 e. The molecule has 0 aliphatic heterocycles. The predicted octanol–water partition coefficient (Wildman–Crippen LogP) is 4.64. The van der Waals surface area contributed by atoms with Crippen molar-refractivity contribution in [3.05, 3.63) is 52.9 Å². The van der Waals surface area contributed by atoms with E-state index in [1.165, 1.54) is 12.3 Å². The van der Waals surface area contributed by atoms with Crippen LogP contribution in [0.1, 0.15) is 27.7 Å². The van der Waals surface area contributed by atoms with Gasteiger partial charge in [-0.2, -0.15) is 0 Å². The summed E-state index contributed by atoms with van der Waals surface area (Å²) in [5.41, 5.74) is 2.09. The Morgan fingerprint density at radius 3 is 2.72 bits per heavy atom. The van der Waals surface area contributed by atoms with Gasteiger partial charge in [-0.25, -0.2) is 0 Å². The van der Waals surface area contributed by atoms with E-state index in [4.69, 9.17) is 16.0 Å². The molecule has 0 radical (unpaired) electrons. The van der Waals surface area contributed by atoms with E-state index in [0.717, 1.165) is 11.3 Å². The minimum atomic E-state index is -0.283. The zero-order chi connectivity index (χ0) is 13.1. The third-order valence-corrected chi connectivity index (χ3v) is 3.29. The number of halogens is 2. The molecule has 0 spiro atoms. The molecule has 2 aromatic rings. The second kappa shape index (κ2) is 5.59. The van der Waals surface area contributed by atoms with E-state index in [1.807, 2.05) is 31.2 Å². The van der Waals surface area contributed by atoms with Gasteiger partial charge in [-0.1, -0.05) is 34.1 Å². The lowest BCUT2D eigenvalue weighted by Crippen LogP contribution is -2.13. The number of carbonyl (C=O) groups excluding carboxylic acids is 1. The SMILES string of the molecule is CC(Br)c1ccccc1NC(=O)c1ccoc1Cl. The standard InChI is InChI=1S/C13H11BrClNO2/c1-8(14)9-4-2-3-5-11(9)16-13(17)10-6-7-18-12(10)15/h2-8H,1H3,(H,16,17). The molecule has 2 rings (SSSR count). The molecule has 0 fully saturated rings. The van der Waals surface area contributed by atoms with Gasteiger partial charge in [-0.15, -0.1) is 0 Å². The lowest BCUT2D eigenvalue weighted by molar-refractivity contribution is 0.102. The van der Waals surface area contributed by atoms with Crippen molar-refractivity contribution in [1.82, 2.24) is 0 Å². The van der Waals surface area contributed by atoms with Crippen LogP contribution in [0.3, 0.4) is 0 Å². The van der Waals surface area contributed by atoms with Crippen LogP contribution in [0, 0.1) is 0 Å². The molecule has 1 aromatic heterocycles. The van der Waals surface area contributed by atoms with Gasteiger partial charge in [-0.05, 0) is 36.2 Å². The summed E-state index contributed by atoms with van der Waals surface area (Å²) in [5.74, 6) is -0.283.